The first-order valence-corrected chi connectivity index (χ1v) is 13.2. The number of nitrogens with zero attached hydrogens (tertiary/aromatic N) is 5. The zero-order chi connectivity index (χ0) is 22.0. The summed E-state index contributed by atoms with van der Waals surface area (Å²) in [6.07, 6.45) is 5.94. The summed E-state index contributed by atoms with van der Waals surface area (Å²) in [6, 6.07) is 8.55. The summed E-state index contributed by atoms with van der Waals surface area (Å²) in [7, 11) is -1.30. The molecule has 31 heavy (non-hydrogen) atoms. The Hall–Kier alpha value is -1.55. The Labute approximate surface area is 188 Å². The molecule has 2 fully saturated rings. The van der Waals surface area contributed by atoms with Crippen molar-refractivity contribution < 1.29 is 13.2 Å². The number of morpholine rings is 1. The Balaban J connectivity index is 1.45. The van der Waals surface area contributed by atoms with Crippen LogP contribution >= 0.6 is 11.6 Å². The largest absolute Gasteiger partial charge is 0.374 e. The van der Waals surface area contributed by atoms with E-state index >= 15 is 0 Å². The molecule has 8 nitrogen and oxygen atoms in total. The van der Waals surface area contributed by atoms with E-state index in [-0.39, 0.29) is 17.9 Å². The number of halogens is 1. The average molecular weight is 468 g/mol. The third-order valence-electron chi connectivity index (χ3n) is 6.34. The van der Waals surface area contributed by atoms with Crippen molar-refractivity contribution >= 4 is 21.4 Å². The summed E-state index contributed by atoms with van der Waals surface area (Å²) in [5.41, 5.74) is 1.21. The maximum absolute atomic E-state index is 11.9. The Morgan fingerprint density at radius 1 is 1.16 bits per heavy atom. The van der Waals surface area contributed by atoms with Gasteiger partial charge < -0.3 is 4.74 Å². The monoisotopic (exact) mass is 467 g/mol. The summed E-state index contributed by atoms with van der Waals surface area (Å²) in [5.74, 6) is 1.24. The van der Waals surface area contributed by atoms with Gasteiger partial charge in [-0.25, -0.2) is 8.42 Å². The van der Waals surface area contributed by atoms with Gasteiger partial charge in [0.1, 0.15) is 9.84 Å². The first kappa shape index (κ1) is 22.6. The van der Waals surface area contributed by atoms with Crippen LogP contribution in [0.5, 0.6) is 0 Å². The van der Waals surface area contributed by atoms with E-state index in [4.69, 9.17) is 16.3 Å². The lowest BCUT2D eigenvalue weighted by Gasteiger charge is -2.46. The number of sulfone groups is 1. The number of aryl methyl sites for hydroxylation is 1. The summed E-state index contributed by atoms with van der Waals surface area (Å²) < 4.78 is 29.7. The number of aromatic nitrogens is 4. The van der Waals surface area contributed by atoms with E-state index in [0.29, 0.717) is 25.1 Å². The fraction of sp³-hybridized carbons (Fsp3) is 0.667. The maximum atomic E-state index is 11.9. The van der Waals surface area contributed by atoms with Crippen LogP contribution in [0.1, 0.15) is 43.0 Å². The van der Waals surface area contributed by atoms with Crippen molar-refractivity contribution in [1.82, 2.24) is 25.1 Å². The molecule has 0 bridgehead atoms. The van der Waals surface area contributed by atoms with E-state index in [9.17, 15) is 8.42 Å². The molecule has 2 heterocycles. The van der Waals surface area contributed by atoms with Crippen LogP contribution in [0.2, 0.25) is 5.02 Å². The molecule has 4 rings (SSSR count). The molecule has 10 heteroatoms. The van der Waals surface area contributed by atoms with Gasteiger partial charge in [0, 0.05) is 35.8 Å². The number of rotatable bonds is 6. The predicted octanol–water partition coefficient (Wildman–Crippen LogP) is 2.25. The molecule has 0 amide bonds. The highest BCUT2D eigenvalue weighted by atomic mass is 35.5. The second-order valence-electron chi connectivity index (χ2n) is 8.87. The van der Waals surface area contributed by atoms with E-state index < -0.39 is 9.84 Å². The van der Waals surface area contributed by atoms with Crippen LogP contribution in [0, 0.1) is 0 Å². The van der Waals surface area contributed by atoms with Crippen LogP contribution in [0.25, 0.3) is 0 Å². The van der Waals surface area contributed by atoms with E-state index in [0.717, 1.165) is 43.0 Å². The van der Waals surface area contributed by atoms with E-state index in [1.54, 1.807) is 7.05 Å². The van der Waals surface area contributed by atoms with Crippen LogP contribution in [0.3, 0.4) is 0 Å². The SMILES string of the molecule is Cn1nnc(C2CCC(N3C[C@H](CS(C)(=O)=O)OC[C@@H]3Cc3ccc(Cl)cc3)CC2)n1. The molecule has 2 atom stereocenters. The van der Waals surface area contributed by atoms with Gasteiger partial charge in [0.25, 0.3) is 0 Å². The molecule has 1 aliphatic carbocycles. The minimum Gasteiger partial charge on any atom is -0.374 e. The lowest BCUT2D eigenvalue weighted by Crippen LogP contribution is -2.56. The predicted molar refractivity (Wildman–Crippen MR) is 119 cm³/mol. The van der Waals surface area contributed by atoms with Gasteiger partial charge in [-0.2, -0.15) is 4.80 Å². The highest BCUT2D eigenvalue weighted by molar-refractivity contribution is 7.90. The average Bonchev–Trinajstić information content (AvgIpc) is 3.16. The molecule has 2 aliphatic rings. The normalized spacial score (nSPS) is 28.0. The summed E-state index contributed by atoms with van der Waals surface area (Å²) in [5, 5.41) is 13.3. The van der Waals surface area contributed by atoms with Crippen LogP contribution in [-0.4, -0.2) is 76.9 Å². The van der Waals surface area contributed by atoms with Crippen molar-refractivity contribution in [2.45, 2.75) is 56.2 Å². The summed E-state index contributed by atoms with van der Waals surface area (Å²) in [4.78, 5) is 4.01. The van der Waals surface area contributed by atoms with Crippen molar-refractivity contribution in [1.29, 1.82) is 0 Å². The highest BCUT2D eigenvalue weighted by Crippen LogP contribution is 2.35. The van der Waals surface area contributed by atoms with Crippen molar-refractivity contribution in [3.63, 3.8) is 0 Å². The number of hydrogen-bond donors (Lipinski definition) is 0. The lowest BCUT2D eigenvalue weighted by atomic mass is 9.83. The molecule has 1 saturated heterocycles. The first-order valence-electron chi connectivity index (χ1n) is 10.8. The van der Waals surface area contributed by atoms with Gasteiger partial charge >= 0.3 is 0 Å². The molecular formula is C21H30ClN5O3S. The number of benzene rings is 1. The van der Waals surface area contributed by atoms with Crippen LogP contribution in [-0.2, 0) is 28.0 Å². The molecule has 0 radical (unpaired) electrons. The maximum Gasteiger partial charge on any atom is 0.177 e. The summed E-state index contributed by atoms with van der Waals surface area (Å²) >= 11 is 6.04. The fourth-order valence-electron chi connectivity index (χ4n) is 4.86. The third kappa shape index (κ3) is 6.03. The third-order valence-corrected chi connectivity index (χ3v) is 7.56. The standard InChI is InChI=1S/C21H30ClN5O3S/c1-26-24-21(23-25-26)16-5-9-18(10-6-16)27-12-20(14-31(2,28)29)30-13-19(27)11-15-3-7-17(22)8-4-15/h3-4,7-8,16,18-20H,5-6,9-14H2,1-2H3/t16?,18?,19-,20+/m0/s1. The van der Waals surface area contributed by atoms with E-state index in [1.807, 2.05) is 12.1 Å². The Morgan fingerprint density at radius 3 is 2.48 bits per heavy atom. The zero-order valence-corrected chi connectivity index (χ0v) is 19.6. The second-order valence-corrected chi connectivity index (χ2v) is 11.5. The van der Waals surface area contributed by atoms with Crippen LogP contribution < -0.4 is 0 Å². The van der Waals surface area contributed by atoms with Gasteiger partial charge in [-0.15, -0.1) is 10.2 Å². The Morgan fingerprint density at radius 2 is 1.87 bits per heavy atom. The van der Waals surface area contributed by atoms with Crippen molar-refractivity contribution in [3.05, 3.63) is 40.7 Å². The van der Waals surface area contributed by atoms with Gasteiger partial charge in [0.2, 0.25) is 0 Å². The molecule has 0 spiro atoms. The second kappa shape index (κ2) is 9.52. The van der Waals surface area contributed by atoms with Crippen molar-refractivity contribution in [3.8, 4) is 0 Å². The molecule has 2 aromatic rings. The van der Waals surface area contributed by atoms with Gasteiger partial charge in [-0.05, 0) is 55.0 Å². The summed E-state index contributed by atoms with van der Waals surface area (Å²) in [6.45, 7) is 1.18. The Bertz CT molecular complexity index is 973. The molecule has 1 aliphatic heterocycles. The van der Waals surface area contributed by atoms with Gasteiger partial charge in [-0.1, -0.05) is 23.7 Å². The van der Waals surface area contributed by atoms with Crippen molar-refractivity contribution in [2.24, 2.45) is 7.05 Å². The quantitative estimate of drug-likeness (QED) is 0.643. The van der Waals surface area contributed by atoms with Gasteiger partial charge in [0.15, 0.2) is 5.82 Å². The minimum atomic E-state index is -3.09. The van der Waals surface area contributed by atoms with Crippen LogP contribution in [0.4, 0.5) is 0 Å². The molecule has 1 aromatic heterocycles. The van der Waals surface area contributed by atoms with E-state index in [1.165, 1.54) is 16.6 Å². The molecule has 0 N–H and O–H groups in total. The van der Waals surface area contributed by atoms with Gasteiger partial charge in [0.05, 0.1) is 25.5 Å². The molecule has 1 aromatic carbocycles. The molecule has 170 valence electrons. The lowest BCUT2D eigenvalue weighted by molar-refractivity contribution is -0.0756. The molecule has 0 unspecified atom stereocenters. The molecule has 1 saturated carbocycles. The van der Waals surface area contributed by atoms with Crippen molar-refractivity contribution in [2.75, 3.05) is 25.2 Å². The Kier molecular flexibility index (Phi) is 6.95. The topological polar surface area (TPSA) is 90.2 Å². The number of hydrogen-bond acceptors (Lipinski definition) is 7. The zero-order valence-electron chi connectivity index (χ0n) is 18.0. The fourth-order valence-corrected chi connectivity index (χ4v) is 5.87. The number of tetrazole rings is 1. The van der Waals surface area contributed by atoms with E-state index in [2.05, 4.69) is 32.4 Å². The van der Waals surface area contributed by atoms with Crippen LogP contribution in [0.15, 0.2) is 24.3 Å². The minimum absolute atomic E-state index is 0.0655. The smallest absolute Gasteiger partial charge is 0.177 e. The highest BCUT2D eigenvalue weighted by Gasteiger charge is 2.37. The molecular weight excluding hydrogens is 438 g/mol. The van der Waals surface area contributed by atoms with Gasteiger partial charge in [-0.3, -0.25) is 4.90 Å². The first-order chi connectivity index (χ1) is 14.8. The number of ether oxygens (including phenoxy) is 1.